The van der Waals surface area contributed by atoms with Gasteiger partial charge in [0, 0.05) is 0 Å². The average molecular weight is 347 g/mol. The molecule has 1 nitrogen and oxygen atoms in total. The van der Waals surface area contributed by atoms with E-state index in [1.54, 1.807) is 6.07 Å². The maximum atomic E-state index is 9.73. The van der Waals surface area contributed by atoms with Crippen LogP contribution in [-0.4, -0.2) is 5.11 Å². The second kappa shape index (κ2) is 15.3. The van der Waals surface area contributed by atoms with Gasteiger partial charge in [0.1, 0.15) is 5.75 Å². The molecular weight excluding hydrogens is 304 g/mol. The van der Waals surface area contributed by atoms with E-state index in [0.29, 0.717) is 5.75 Å². The van der Waals surface area contributed by atoms with Crippen molar-refractivity contribution in [1.29, 1.82) is 0 Å². The van der Waals surface area contributed by atoms with E-state index in [4.69, 9.17) is 0 Å². The van der Waals surface area contributed by atoms with Crippen LogP contribution in [0.5, 0.6) is 5.75 Å². The summed E-state index contributed by atoms with van der Waals surface area (Å²) in [6.07, 6.45) is 22.2. The summed E-state index contributed by atoms with van der Waals surface area (Å²) in [6, 6.07) is 5.90. The monoisotopic (exact) mass is 346 g/mol. The Kier molecular flexibility index (Phi) is 13.5. The minimum atomic E-state index is 0.443. The molecule has 0 aliphatic rings. The third-order valence-electron chi connectivity index (χ3n) is 5.47. The maximum absolute atomic E-state index is 9.73. The van der Waals surface area contributed by atoms with E-state index in [-0.39, 0.29) is 0 Å². The van der Waals surface area contributed by atoms with Gasteiger partial charge in [-0.15, -0.1) is 0 Å². The molecule has 0 unspecified atom stereocenters. The van der Waals surface area contributed by atoms with E-state index < -0.39 is 0 Å². The van der Waals surface area contributed by atoms with Gasteiger partial charge in [-0.3, -0.25) is 0 Å². The van der Waals surface area contributed by atoms with Crippen molar-refractivity contribution in [1.82, 2.24) is 0 Å². The van der Waals surface area contributed by atoms with Crippen molar-refractivity contribution in [3.05, 3.63) is 29.3 Å². The Balaban J connectivity index is 1.82. The zero-order valence-corrected chi connectivity index (χ0v) is 17.0. The van der Waals surface area contributed by atoms with Crippen molar-refractivity contribution in [2.45, 2.75) is 117 Å². The standard InChI is InChI=1S/C24H42O/c1-3-4-5-6-7-8-9-10-11-12-13-14-15-16-17-19-23-20-18-21-24(25)22(23)2/h18,20-21,25H,3-17,19H2,1-2H3. The van der Waals surface area contributed by atoms with Crippen LogP contribution >= 0.6 is 0 Å². The summed E-state index contributed by atoms with van der Waals surface area (Å²) in [5.74, 6) is 0.443. The Hall–Kier alpha value is -0.980. The third-order valence-corrected chi connectivity index (χ3v) is 5.47. The van der Waals surface area contributed by atoms with Crippen molar-refractivity contribution < 1.29 is 5.11 Å². The number of unbranched alkanes of at least 4 members (excludes halogenated alkanes) is 14. The van der Waals surface area contributed by atoms with Crippen LogP contribution in [0.2, 0.25) is 0 Å². The van der Waals surface area contributed by atoms with Gasteiger partial charge in [-0.05, 0) is 37.0 Å². The molecule has 0 amide bonds. The van der Waals surface area contributed by atoms with Gasteiger partial charge in [-0.25, -0.2) is 0 Å². The van der Waals surface area contributed by atoms with Crippen LogP contribution in [0.15, 0.2) is 18.2 Å². The van der Waals surface area contributed by atoms with Gasteiger partial charge in [0.15, 0.2) is 0 Å². The number of rotatable bonds is 16. The number of hydrogen-bond donors (Lipinski definition) is 1. The summed E-state index contributed by atoms with van der Waals surface area (Å²) >= 11 is 0. The molecule has 25 heavy (non-hydrogen) atoms. The molecule has 0 saturated carbocycles. The topological polar surface area (TPSA) is 20.2 Å². The second-order valence-electron chi connectivity index (χ2n) is 7.76. The summed E-state index contributed by atoms with van der Waals surface area (Å²) in [5, 5.41) is 9.73. The first-order valence-corrected chi connectivity index (χ1v) is 11.0. The van der Waals surface area contributed by atoms with E-state index in [9.17, 15) is 5.11 Å². The Labute approximate surface area is 157 Å². The third kappa shape index (κ3) is 11.3. The molecule has 1 aromatic carbocycles. The smallest absolute Gasteiger partial charge is 0.118 e. The van der Waals surface area contributed by atoms with Crippen molar-refractivity contribution in [3.63, 3.8) is 0 Å². The van der Waals surface area contributed by atoms with Crippen LogP contribution in [0, 0.1) is 6.92 Å². The van der Waals surface area contributed by atoms with Crippen LogP contribution < -0.4 is 0 Å². The van der Waals surface area contributed by atoms with Gasteiger partial charge in [0.2, 0.25) is 0 Å². The van der Waals surface area contributed by atoms with Gasteiger partial charge >= 0.3 is 0 Å². The molecule has 0 spiro atoms. The lowest BCUT2D eigenvalue weighted by atomic mass is 10.00. The zero-order valence-electron chi connectivity index (χ0n) is 17.0. The first kappa shape index (κ1) is 22.1. The Morgan fingerprint density at radius 3 is 1.56 bits per heavy atom. The second-order valence-corrected chi connectivity index (χ2v) is 7.76. The summed E-state index contributed by atoms with van der Waals surface area (Å²) in [4.78, 5) is 0. The molecule has 1 heteroatoms. The minimum Gasteiger partial charge on any atom is -0.508 e. The molecule has 0 saturated heterocycles. The highest BCUT2D eigenvalue weighted by Gasteiger charge is 2.02. The highest BCUT2D eigenvalue weighted by molar-refractivity contribution is 5.37. The van der Waals surface area contributed by atoms with E-state index >= 15 is 0 Å². The van der Waals surface area contributed by atoms with E-state index in [2.05, 4.69) is 13.0 Å². The molecule has 0 fully saturated rings. The van der Waals surface area contributed by atoms with Crippen LogP contribution in [0.25, 0.3) is 0 Å². The van der Waals surface area contributed by atoms with Crippen molar-refractivity contribution in [2.24, 2.45) is 0 Å². The van der Waals surface area contributed by atoms with Crippen LogP contribution in [0.1, 0.15) is 114 Å². The lowest BCUT2D eigenvalue weighted by Crippen LogP contribution is -1.90. The maximum Gasteiger partial charge on any atom is 0.118 e. The van der Waals surface area contributed by atoms with Crippen LogP contribution in [0.4, 0.5) is 0 Å². The molecule has 144 valence electrons. The normalized spacial score (nSPS) is 11.1. The first-order chi connectivity index (χ1) is 12.3. The molecule has 1 aromatic rings. The number of benzene rings is 1. The molecular formula is C24H42O. The Morgan fingerprint density at radius 1 is 0.640 bits per heavy atom. The Morgan fingerprint density at radius 2 is 1.08 bits per heavy atom. The predicted molar refractivity (Wildman–Crippen MR) is 111 cm³/mol. The quantitative estimate of drug-likeness (QED) is 0.300. The zero-order chi connectivity index (χ0) is 18.2. The molecule has 0 aromatic heterocycles. The summed E-state index contributed by atoms with van der Waals surface area (Å²) in [7, 11) is 0. The van der Waals surface area contributed by atoms with E-state index in [1.807, 2.05) is 13.0 Å². The van der Waals surface area contributed by atoms with Crippen molar-refractivity contribution in [3.8, 4) is 5.75 Å². The molecule has 0 atom stereocenters. The molecule has 0 radical (unpaired) electrons. The highest BCUT2D eigenvalue weighted by atomic mass is 16.3. The van der Waals surface area contributed by atoms with Gasteiger partial charge in [0.25, 0.3) is 0 Å². The first-order valence-electron chi connectivity index (χ1n) is 11.0. The fourth-order valence-electron chi connectivity index (χ4n) is 3.63. The molecule has 0 aliphatic heterocycles. The molecule has 0 aliphatic carbocycles. The molecule has 0 heterocycles. The number of phenols is 1. The minimum absolute atomic E-state index is 0.443. The number of aromatic hydroxyl groups is 1. The van der Waals surface area contributed by atoms with Crippen molar-refractivity contribution >= 4 is 0 Å². The summed E-state index contributed by atoms with van der Waals surface area (Å²) in [5.41, 5.74) is 2.38. The van der Waals surface area contributed by atoms with Gasteiger partial charge in [-0.1, -0.05) is 109 Å². The lowest BCUT2D eigenvalue weighted by Gasteiger charge is -2.07. The summed E-state index contributed by atoms with van der Waals surface area (Å²) in [6.45, 7) is 4.31. The Bertz CT molecular complexity index is 424. The highest BCUT2D eigenvalue weighted by Crippen LogP contribution is 2.21. The number of hydrogen-bond acceptors (Lipinski definition) is 1. The van der Waals surface area contributed by atoms with E-state index in [0.717, 1.165) is 12.0 Å². The number of phenolic OH excluding ortho intramolecular Hbond substituents is 1. The number of aryl methyl sites for hydroxylation is 1. The van der Waals surface area contributed by atoms with Crippen LogP contribution in [-0.2, 0) is 6.42 Å². The average Bonchev–Trinajstić information content (AvgIpc) is 2.61. The van der Waals surface area contributed by atoms with Gasteiger partial charge in [0.05, 0.1) is 0 Å². The molecule has 0 bridgehead atoms. The fraction of sp³-hybridized carbons (Fsp3) is 0.750. The SMILES string of the molecule is CCCCCCCCCCCCCCCCCc1cccc(O)c1C. The molecule has 1 N–H and O–H groups in total. The molecule has 1 rings (SSSR count). The van der Waals surface area contributed by atoms with Gasteiger partial charge < -0.3 is 5.11 Å². The largest absolute Gasteiger partial charge is 0.508 e. The van der Waals surface area contributed by atoms with E-state index in [1.165, 1.54) is 102 Å². The lowest BCUT2D eigenvalue weighted by molar-refractivity contribution is 0.469. The predicted octanol–water partition coefficient (Wildman–Crippen LogP) is 8.11. The summed E-state index contributed by atoms with van der Waals surface area (Å²) < 4.78 is 0. The van der Waals surface area contributed by atoms with Gasteiger partial charge in [-0.2, -0.15) is 0 Å². The fourth-order valence-corrected chi connectivity index (χ4v) is 3.63. The van der Waals surface area contributed by atoms with Crippen LogP contribution in [0.3, 0.4) is 0 Å². The van der Waals surface area contributed by atoms with Crippen molar-refractivity contribution in [2.75, 3.05) is 0 Å².